The molecule has 0 aliphatic rings. The van der Waals surface area contributed by atoms with E-state index in [-0.39, 0.29) is 0 Å². The van der Waals surface area contributed by atoms with Crippen LogP contribution in [0.15, 0.2) is 138 Å². The largest absolute Gasteiger partial charge is 0.455 e. The first-order valence-electron chi connectivity index (χ1n) is 13.1. The third-order valence-electron chi connectivity index (χ3n) is 7.51. The minimum Gasteiger partial charge on any atom is -0.455 e. The van der Waals surface area contributed by atoms with E-state index in [0.717, 1.165) is 50.0 Å². The Labute approximate surface area is 225 Å². The number of aromatic nitrogens is 2. The summed E-state index contributed by atoms with van der Waals surface area (Å²) in [4.78, 5) is 9.35. The van der Waals surface area contributed by atoms with E-state index in [1.165, 1.54) is 27.3 Å². The van der Waals surface area contributed by atoms with E-state index in [9.17, 15) is 0 Å². The van der Waals surface area contributed by atoms with Crippen LogP contribution < -0.4 is 0 Å². The summed E-state index contributed by atoms with van der Waals surface area (Å²) in [6.07, 6.45) is 1.80. The molecule has 0 saturated heterocycles. The zero-order valence-corrected chi connectivity index (χ0v) is 21.0. The minimum absolute atomic E-state index is 0.873. The molecule has 0 amide bonds. The number of rotatable bonds is 3. The van der Waals surface area contributed by atoms with Crippen LogP contribution >= 0.6 is 0 Å². The van der Waals surface area contributed by atoms with Gasteiger partial charge in [0, 0.05) is 27.9 Å². The zero-order valence-electron chi connectivity index (χ0n) is 21.0. The molecule has 0 aliphatic carbocycles. The van der Waals surface area contributed by atoms with Crippen molar-refractivity contribution in [2.45, 2.75) is 0 Å². The lowest BCUT2D eigenvalue weighted by molar-refractivity contribution is 0.672. The summed E-state index contributed by atoms with van der Waals surface area (Å²) in [7, 11) is 0. The molecule has 0 fully saturated rings. The summed E-state index contributed by atoms with van der Waals surface area (Å²) < 4.78 is 6.31. The maximum Gasteiger partial charge on any atom is 0.143 e. The molecule has 0 atom stereocenters. The van der Waals surface area contributed by atoms with Gasteiger partial charge in [0.1, 0.15) is 11.2 Å². The molecule has 0 saturated carbocycles. The van der Waals surface area contributed by atoms with Gasteiger partial charge in [-0.15, -0.1) is 0 Å². The van der Waals surface area contributed by atoms with E-state index in [4.69, 9.17) is 9.40 Å². The highest BCUT2D eigenvalue weighted by atomic mass is 16.3. The van der Waals surface area contributed by atoms with Crippen LogP contribution in [0.25, 0.3) is 77.3 Å². The molecular weight excluding hydrogens is 476 g/mol. The molecule has 8 aromatic rings. The van der Waals surface area contributed by atoms with Crippen LogP contribution in [0.3, 0.4) is 0 Å². The molecule has 3 nitrogen and oxygen atoms in total. The molecule has 8 rings (SSSR count). The fraction of sp³-hybridized carbons (Fsp3) is 0. The predicted molar refractivity (Wildman–Crippen MR) is 161 cm³/mol. The van der Waals surface area contributed by atoms with Crippen molar-refractivity contribution in [3.8, 4) is 33.8 Å². The molecule has 5 aromatic carbocycles. The zero-order chi connectivity index (χ0) is 25.8. The summed E-state index contributed by atoms with van der Waals surface area (Å²) in [5.74, 6) is 0. The molecular formula is C36H22N2O. The molecule has 39 heavy (non-hydrogen) atoms. The van der Waals surface area contributed by atoms with Crippen molar-refractivity contribution in [3.63, 3.8) is 0 Å². The van der Waals surface area contributed by atoms with Crippen molar-refractivity contribution in [3.05, 3.63) is 134 Å². The fourth-order valence-corrected chi connectivity index (χ4v) is 5.61. The van der Waals surface area contributed by atoms with E-state index >= 15 is 0 Å². The van der Waals surface area contributed by atoms with Crippen molar-refractivity contribution in [2.75, 3.05) is 0 Å². The monoisotopic (exact) mass is 498 g/mol. The fourth-order valence-electron chi connectivity index (χ4n) is 5.61. The van der Waals surface area contributed by atoms with Gasteiger partial charge in [-0.25, -0.2) is 4.98 Å². The second-order valence-corrected chi connectivity index (χ2v) is 9.84. The normalized spacial score (nSPS) is 11.6. The van der Waals surface area contributed by atoms with Gasteiger partial charge in [0.05, 0.1) is 17.1 Å². The lowest BCUT2D eigenvalue weighted by atomic mass is 9.93. The van der Waals surface area contributed by atoms with Gasteiger partial charge < -0.3 is 4.42 Å². The number of para-hydroxylation sites is 1. The summed E-state index contributed by atoms with van der Waals surface area (Å²) in [5, 5.41) is 6.99. The quantitative estimate of drug-likeness (QED) is 0.243. The number of furan rings is 1. The number of hydrogen-bond acceptors (Lipinski definition) is 3. The van der Waals surface area contributed by atoms with Gasteiger partial charge in [-0.05, 0) is 75.8 Å². The Morgan fingerprint density at radius 2 is 1.15 bits per heavy atom. The second-order valence-electron chi connectivity index (χ2n) is 9.84. The summed E-state index contributed by atoms with van der Waals surface area (Å²) in [5.41, 5.74) is 8.03. The number of hydrogen-bond donors (Lipinski definition) is 0. The van der Waals surface area contributed by atoms with Gasteiger partial charge in [0.15, 0.2) is 0 Å². The Morgan fingerprint density at radius 3 is 2.00 bits per heavy atom. The first-order valence-corrected chi connectivity index (χ1v) is 13.1. The smallest absolute Gasteiger partial charge is 0.143 e. The van der Waals surface area contributed by atoms with Crippen molar-refractivity contribution < 1.29 is 4.42 Å². The molecule has 3 aromatic heterocycles. The first kappa shape index (κ1) is 21.8. The molecule has 3 heterocycles. The Kier molecular flexibility index (Phi) is 4.82. The van der Waals surface area contributed by atoms with Gasteiger partial charge in [0.2, 0.25) is 0 Å². The lowest BCUT2D eigenvalue weighted by Gasteiger charge is -2.11. The van der Waals surface area contributed by atoms with Crippen LogP contribution in [0.4, 0.5) is 0 Å². The average Bonchev–Trinajstić information content (AvgIpc) is 3.40. The highest BCUT2D eigenvalue weighted by Crippen LogP contribution is 2.40. The van der Waals surface area contributed by atoms with Crippen molar-refractivity contribution in [1.82, 2.24) is 9.97 Å². The van der Waals surface area contributed by atoms with Crippen LogP contribution in [-0.2, 0) is 0 Å². The third kappa shape index (κ3) is 3.59. The van der Waals surface area contributed by atoms with Crippen molar-refractivity contribution in [2.24, 2.45) is 0 Å². The van der Waals surface area contributed by atoms with Gasteiger partial charge in [0.25, 0.3) is 0 Å². The van der Waals surface area contributed by atoms with E-state index in [2.05, 4.69) is 89.9 Å². The van der Waals surface area contributed by atoms with Gasteiger partial charge >= 0.3 is 0 Å². The second kappa shape index (κ2) is 8.64. The molecule has 0 N–H and O–H groups in total. The molecule has 0 spiro atoms. The summed E-state index contributed by atoms with van der Waals surface area (Å²) in [6, 6.07) is 44.3. The van der Waals surface area contributed by atoms with Crippen LogP contribution in [0.1, 0.15) is 0 Å². The van der Waals surface area contributed by atoms with Gasteiger partial charge in [-0.1, -0.05) is 78.9 Å². The standard InChI is InChI=1S/C36H22N2O/c1-2-10-29-27(8-1)30(22-31-28-9-3-4-14-35(28)39-36(29)31)25-17-15-24-21-26(18-16-23(24)20-25)32-12-7-13-34(38-32)33-11-5-6-19-37-33/h1-22H. The Bertz CT molecular complexity index is 2180. The Morgan fingerprint density at radius 1 is 0.462 bits per heavy atom. The Balaban J connectivity index is 1.26. The number of benzene rings is 5. The van der Waals surface area contributed by atoms with Crippen molar-refractivity contribution in [1.29, 1.82) is 0 Å². The van der Waals surface area contributed by atoms with E-state index in [1.807, 2.05) is 42.5 Å². The number of fused-ring (bicyclic) bond motifs is 6. The molecule has 3 heteroatoms. The summed E-state index contributed by atoms with van der Waals surface area (Å²) in [6.45, 7) is 0. The summed E-state index contributed by atoms with van der Waals surface area (Å²) >= 11 is 0. The maximum atomic E-state index is 6.31. The highest BCUT2D eigenvalue weighted by molar-refractivity contribution is 6.19. The first-order chi connectivity index (χ1) is 19.3. The minimum atomic E-state index is 0.873. The third-order valence-corrected chi connectivity index (χ3v) is 7.51. The molecule has 0 unspecified atom stereocenters. The average molecular weight is 499 g/mol. The molecule has 0 radical (unpaired) electrons. The van der Waals surface area contributed by atoms with Crippen LogP contribution in [0.2, 0.25) is 0 Å². The van der Waals surface area contributed by atoms with Gasteiger partial charge in [-0.2, -0.15) is 0 Å². The van der Waals surface area contributed by atoms with Crippen LogP contribution in [-0.4, -0.2) is 9.97 Å². The van der Waals surface area contributed by atoms with E-state index in [0.29, 0.717) is 0 Å². The SMILES string of the molecule is c1ccc(-c2cccc(-c3ccc4cc(-c5cc6c7ccccc7oc6c6ccccc56)ccc4c3)n2)nc1. The predicted octanol–water partition coefficient (Wildman–Crippen LogP) is 9.68. The molecule has 182 valence electrons. The van der Waals surface area contributed by atoms with Crippen molar-refractivity contribution >= 4 is 43.5 Å². The topological polar surface area (TPSA) is 38.9 Å². The number of pyridine rings is 2. The van der Waals surface area contributed by atoms with Crippen LogP contribution in [0, 0.1) is 0 Å². The van der Waals surface area contributed by atoms with E-state index < -0.39 is 0 Å². The van der Waals surface area contributed by atoms with Gasteiger partial charge in [-0.3, -0.25) is 4.98 Å². The highest BCUT2D eigenvalue weighted by Gasteiger charge is 2.15. The van der Waals surface area contributed by atoms with Crippen LogP contribution in [0.5, 0.6) is 0 Å². The van der Waals surface area contributed by atoms with E-state index in [1.54, 1.807) is 6.20 Å². The Hall–Kier alpha value is -5.28. The lowest BCUT2D eigenvalue weighted by Crippen LogP contribution is -1.90. The number of nitrogens with zero attached hydrogens (tertiary/aromatic N) is 2. The maximum absolute atomic E-state index is 6.31. The molecule has 0 bridgehead atoms. The molecule has 0 aliphatic heterocycles.